The third-order valence-corrected chi connectivity index (χ3v) is 12.3. The van der Waals surface area contributed by atoms with E-state index in [2.05, 4.69) is 126 Å². The fraction of sp³-hybridized carbons (Fsp3) is 0. The number of nitrogens with zero attached hydrogens (tertiary/aromatic N) is 4. The van der Waals surface area contributed by atoms with Crippen LogP contribution in [-0.2, 0) is 0 Å². The molecule has 0 saturated heterocycles. The predicted octanol–water partition coefficient (Wildman–Crippen LogP) is 12.7. The van der Waals surface area contributed by atoms with Gasteiger partial charge >= 0.3 is 0 Å². The van der Waals surface area contributed by atoms with Crippen molar-refractivity contribution >= 4 is 84.8 Å². The lowest BCUT2D eigenvalue weighted by molar-refractivity contribution is 1.08. The lowest BCUT2D eigenvalue weighted by Gasteiger charge is -2.09. The Morgan fingerprint density at radius 3 is 1.61 bits per heavy atom. The van der Waals surface area contributed by atoms with Crippen LogP contribution in [0.4, 0.5) is 0 Å². The molecule has 0 aliphatic heterocycles. The molecule has 4 nitrogen and oxygen atoms in total. The van der Waals surface area contributed by atoms with E-state index < -0.39 is 0 Å². The van der Waals surface area contributed by atoms with Gasteiger partial charge in [-0.05, 0) is 30.3 Å². The maximum Gasteiger partial charge on any atom is 0.165 e. The number of benzene rings is 7. The fourth-order valence-corrected chi connectivity index (χ4v) is 10.2. The van der Waals surface area contributed by atoms with Crippen LogP contribution in [0.3, 0.4) is 0 Å². The molecule has 0 saturated carbocycles. The minimum Gasteiger partial charge on any atom is -0.308 e. The van der Waals surface area contributed by atoms with Crippen LogP contribution in [0.2, 0.25) is 0 Å². The van der Waals surface area contributed by atoms with Gasteiger partial charge in [-0.3, -0.25) is 0 Å². The Balaban J connectivity index is 1.16. The zero-order valence-electron chi connectivity index (χ0n) is 27.1. The third kappa shape index (κ3) is 4.34. The standard InChI is InChI=1S/C45H26N4S2/c1-3-13-27(14-4-1)43-46-44(28-15-5-2-6-16-28)48-45(47-43)34-21-11-19-31-32-25-26-38-39(42(32)51-40(31)34)33-20-12-24-37(41(33)50-38)49-35-22-9-7-17-29(35)30-18-8-10-23-36(30)49/h1-26H. The number of hydrogen-bond acceptors (Lipinski definition) is 5. The van der Waals surface area contributed by atoms with E-state index >= 15 is 0 Å². The predicted molar refractivity (Wildman–Crippen MR) is 216 cm³/mol. The van der Waals surface area contributed by atoms with Gasteiger partial charge in [0, 0.05) is 63.1 Å². The zero-order chi connectivity index (χ0) is 33.5. The highest BCUT2D eigenvalue weighted by atomic mass is 32.1. The molecule has 4 heterocycles. The molecule has 238 valence electrons. The van der Waals surface area contributed by atoms with E-state index in [-0.39, 0.29) is 0 Å². The summed E-state index contributed by atoms with van der Waals surface area (Å²) in [5, 5.41) is 7.62. The van der Waals surface area contributed by atoms with Crippen molar-refractivity contribution < 1.29 is 0 Å². The summed E-state index contributed by atoms with van der Waals surface area (Å²) in [6, 6.07) is 55.7. The Morgan fingerprint density at radius 1 is 0.373 bits per heavy atom. The SMILES string of the molecule is c1ccc(-c2nc(-c3ccccc3)nc(-c3cccc4c3sc3c4ccc4sc5c(-n6c7ccccc7c7ccccc76)cccc5c43)n2)cc1. The highest BCUT2D eigenvalue weighted by Crippen LogP contribution is 2.48. The summed E-state index contributed by atoms with van der Waals surface area (Å²) < 4.78 is 7.50. The summed E-state index contributed by atoms with van der Waals surface area (Å²) in [5.74, 6) is 2.02. The molecule has 0 aliphatic rings. The van der Waals surface area contributed by atoms with E-state index in [0.717, 1.165) is 16.7 Å². The van der Waals surface area contributed by atoms with Crippen LogP contribution in [0, 0.1) is 0 Å². The quantitative estimate of drug-likeness (QED) is 0.185. The molecular weight excluding hydrogens is 661 g/mol. The minimum atomic E-state index is 0.668. The van der Waals surface area contributed by atoms with E-state index in [9.17, 15) is 0 Å². The molecule has 0 unspecified atom stereocenters. The van der Waals surface area contributed by atoms with Gasteiger partial charge in [0.1, 0.15) is 0 Å². The van der Waals surface area contributed by atoms with Crippen LogP contribution in [0.1, 0.15) is 0 Å². The Labute approximate surface area is 300 Å². The second-order valence-corrected chi connectivity index (χ2v) is 14.8. The van der Waals surface area contributed by atoms with Gasteiger partial charge in [0.25, 0.3) is 0 Å². The molecular formula is C45H26N4S2. The van der Waals surface area contributed by atoms with Crippen molar-refractivity contribution in [3.63, 3.8) is 0 Å². The maximum absolute atomic E-state index is 5.10. The van der Waals surface area contributed by atoms with Crippen molar-refractivity contribution in [1.29, 1.82) is 0 Å². The second-order valence-electron chi connectivity index (χ2n) is 12.8. The maximum atomic E-state index is 5.10. The van der Waals surface area contributed by atoms with E-state index in [1.165, 1.54) is 67.8 Å². The van der Waals surface area contributed by atoms with E-state index in [1.807, 2.05) is 59.1 Å². The first-order chi connectivity index (χ1) is 25.3. The number of para-hydroxylation sites is 2. The molecule has 0 amide bonds. The molecule has 0 N–H and O–H groups in total. The molecule has 11 aromatic rings. The monoisotopic (exact) mass is 686 g/mol. The van der Waals surface area contributed by atoms with Gasteiger partial charge in [0.15, 0.2) is 17.5 Å². The molecule has 0 atom stereocenters. The van der Waals surface area contributed by atoms with Crippen LogP contribution < -0.4 is 0 Å². The van der Waals surface area contributed by atoms with Crippen molar-refractivity contribution in [2.45, 2.75) is 0 Å². The van der Waals surface area contributed by atoms with Gasteiger partial charge in [-0.2, -0.15) is 0 Å². The summed E-state index contributed by atoms with van der Waals surface area (Å²) in [6.45, 7) is 0. The Kier molecular flexibility index (Phi) is 6.26. The van der Waals surface area contributed by atoms with Crippen LogP contribution in [0.5, 0.6) is 0 Å². The second kappa shape index (κ2) is 11.2. The van der Waals surface area contributed by atoms with Crippen molar-refractivity contribution in [1.82, 2.24) is 19.5 Å². The highest BCUT2D eigenvalue weighted by molar-refractivity contribution is 7.30. The lowest BCUT2D eigenvalue weighted by atomic mass is 10.1. The molecule has 51 heavy (non-hydrogen) atoms. The summed E-state index contributed by atoms with van der Waals surface area (Å²) in [5.41, 5.74) is 6.61. The number of fused-ring (bicyclic) bond motifs is 10. The lowest BCUT2D eigenvalue weighted by Crippen LogP contribution is -2.00. The first-order valence-electron chi connectivity index (χ1n) is 17.0. The average molecular weight is 687 g/mol. The average Bonchev–Trinajstić information content (AvgIpc) is 3.88. The van der Waals surface area contributed by atoms with Crippen LogP contribution in [-0.4, -0.2) is 19.5 Å². The zero-order valence-corrected chi connectivity index (χ0v) is 28.7. The topological polar surface area (TPSA) is 43.6 Å². The van der Waals surface area contributed by atoms with Gasteiger partial charge in [0.05, 0.1) is 21.4 Å². The smallest absolute Gasteiger partial charge is 0.165 e. The Hall–Kier alpha value is -6.21. The molecule has 0 fully saturated rings. The molecule has 11 rings (SSSR count). The molecule has 0 bridgehead atoms. The molecule has 4 aromatic heterocycles. The van der Waals surface area contributed by atoms with E-state index in [1.54, 1.807) is 0 Å². The van der Waals surface area contributed by atoms with Crippen LogP contribution >= 0.6 is 22.7 Å². The summed E-state index contributed by atoms with van der Waals surface area (Å²) in [7, 11) is 0. The number of aromatic nitrogens is 4. The first kappa shape index (κ1) is 28.6. The highest BCUT2D eigenvalue weighted by Gasteiger charge is 2.21. The molecule has 7 aromatic carbocycles. The Bertz CT molecular complexity index is 3030. The van der Waals surface area contributed by atoms with Crippen LogP contribution in [0.15, 0.2) is 158 Å². The number of rotatable bonds is 4. The first-order valence-corrected chi connectivity index (χ1v) is 18.6. The summed E-state index contributed by atoms with van der Waals surface area (Å²) in [4.78, 5) is 15.1. The summed E-state index contributed by atoms with van der Waals surface area (Å²) >= 11 is 3.72. The summed E-state index contributed by atoms with van der Waals surface area (Å²) in [6.07, 6.45) is 0. The van der Waals surface area contributed by atoms with Gasteiger partial charge in [-0.25, -0.2) is 15.0 Å². The van der Waals surface area contributed by atoms with Gasteiger partial charge in [0.2, 0.25) is 0 Å². The van der Waals surface area contributed by atoms with Crippen molar-refractivity contribution in [3.8, 4) is 39.9 Å². The van der Waals surface area contributed by atoms with Gasteiger partial charge < -0.3 is 4.57 Å². The van der Waals surface area contributed by atoms with Crippen LogP contribution in [0.25, 0.3) is 102 Å². The van der Waals surface area contributed by atoms with Crippen molar-refractivity contribution in [2.75, 3.05) is 0 Å². The van der Waals surface area contributed by atoms with Gasteiger partial charge in [-0.15, -0.1) is 22.7 Å². The minimum absolute atomic E-state index is 0.668. The van der Waals surface area contributed by atoms with E-state index in [0.29, 0.717) is 17.5 Å². The van der Waals surface area contributed by atoms with Crippen molar-refractivity contribution in [3.05, 3.63) is 158 Å². The molecule has 0 spiro atoms. The van der Waals surface area contributed by atoms with E-state index in [4.69, 9.17) is 15.0 Å². The van der Waals surface area contributed by atoms with Gasteiger partial charge in [-0.1, -0.05) is 127 Å². The fourth-order valence-electron chi connectivity index (χ4n) is 7.59. The third-order valence-electron chi connectivity index (χ3n) is 9.87. The number of thiophene rings is 2. The largest absolute Gasteiger partial charge is 0.308 e. The van der Waals surface area contributed by atoms with Crippen molar-refractivity contribution in [2.24, 2.45) is 0 Å². The molecule has 0 aliphatic carbocycles. The molecule has 6 heteroatoms. The Morgan fingerprint density at radius 2 is 0.922 bits per heavy atom. The normalized spacial score (nSPS) is 11.9. The molecule has 0 radical (unpaired) electrons. The number of hydrogen-bond donors (Lipinski definition) is 0.